The van der Waals surface area contributed by atoms with Gasteiger partial charge in [-0.1, -0.05) is 67.1 Å². The van der Waals surface area contributed by atoms with Crippen molar-refractivity contribution in [2.24, 2.45) is 0 Å². The Morgan fingerprint density at radius 1 is 0.758 bits per heavy atom. The largest absolute Gasteiger partial charge is 0.454 e. The minimum atomic E-state index is -3.66. The first-order valence-electron chi connectivity index (χ1n) is 10.9. The quantitative estimate of drug-likeness (QED) is 0.379. The summed E-state index contributed by atoms with van der Waals surface area (Å²) in [5.41, 5.74) is 2.56. The van der Waals surface area contributed by atoms with E-state index < -0.39 is 22.6 Å². The van der Waals surface area contributed by atoms with Crippen molar-refractivity contribution in [2.75, 3.05) is 19.7 Å². The number of sulfonamides is 1. The fraction of sp³-hybridized carbons (Fsp3) is 0.231. The number of ketones is 1. The maximum Gasteiger partial charge on any atom is 0.338 e. The number of benzene rings is 3. The number of rotatable bonds is 7. The van der Waals surface area contributed by atoms with Crippen LogP contribution in [0.25, 0.3) is 11.1 Å². The zero-order valence-electron chi connectivity index (χ0n) is 18.1. The highest BCUT2D eigenvalue weighted by atomic mass is 32.2. The number of esters is 1. The van der Waals surface area contributed by atoms with Crippen LogP contribution in [0.1, 0.15) is 40.0 Å². The van der Waals surface area contributed by atoms with Crippen LogP contribution in [0.2, 0.25) is 0 Å². The van der Waals surface area contributed by atoms with Gasteiger partial charge in [-0.3, -0.25) is 4.79 Å². The average molecular weight is 464 g/mol. The Labute approximate surface area is 193 Å². The van der Waals surface area contributed by atoms with Crippen molar-refractivity contribution < 1.29 is 22.7 Å². The molecule has 1 fully saturated rings. The first-order valence-corrected chi connectivity index (χ1v) is 12.4. The molecule has 1 saturated heterocycles. The maximum absolute atomic E-state index is 12.9. The predicted octanol–water partition coefficient (Wildman–Crippen LogP) is 4.57. The van der Waals surface area contributed by atoms with Crippen LogP contribution >= 0.6 is 0 Å². The predicted molar refractivity (Wildman–Crippen MR) is 126 cm³/mol. The van der Waals surface area contributed by atoms with Crippen molar-refractivity contribution in [1.82, 2.24) is 4.31 Å². The molecule has 0 saturated carbocycles. The fourth-order valence-electron chi connectivity index (χ4n) is 3.81. The Morgan fingerprint density at radius 2 is 1.42 bits per heavy atom. The van der Waals surface area contributed by atoms with E-state index in [0.717, 1.165) is 30.4 Å². The van der Waals surface area contributed by atoms with Gasteiger partial charge >= 0.3 is 5.97 Å². The summed E-state index contributed by atoms with van der Waals surface area (Å²) in [6.45, 7) is 0.537. The van der Waals surface area contributed by atoms with E-state index in [4.69, 9.17) is 4.74 Å². The topological polar surface area (TPSA) is 80.8 Å². The summed E-state index contributed by atoms with van der Waals surface area (Å²) >= 11 is 0. The Bertz CT molecular complexity index is 1230. The van der Waals surface area contributed by atoms with Crippen LogP contribution in [0.15, 0.2) is 83.8 Å². The molecule has 4 rings (SSSR count). The third-order valence-corrected chi connectivity index (χ3v) is 7.57. The molecule has 0 aliphatic carbocycles. The number of ether oxygens (including phenoxy) is 1. The van der Waals surface area contributed by atoms with Crippen molar-refractivity contribution in [1.29, 1.82) is 0 Å². The Kier molecular flexibility index (Phi) is 7.01. The Balaban J connectivity index is 1.39. The molecule has 1 aliphatic rings. The van der Waals surface area contributed by atoms with Gasteiger partial charge in [0.05, 0.1) is 10.5 Å². The molecule has 33 heavy (non-hydrogen) atoms. The van der Waals surface area contributed by atoms with Gasteiger partial charge in [0, 0.05) is 18.7 Å². The van der Waals surface area contributed by atoms with E-state index in [9.17, 15) is 18.0 Å². The molecule has 0 aromatic heterocycles. The molecular formula is C26H25NO5S. The summed E-state index contributed by atoms with van der Waals surface area (Å²) in [6.07, 6.45) is 2.67. The third kappa shape index (κ3) is 5.38. The van der Waals surface area contributed by atoms with E-state index in [1.54, 1.807) is 12.1 Å². The van der Waals surface area contributed by atoms with E-state index >= 15 is 0 Å². The highest BCUT2D eigenvalue weighted by Gasteiger charge is 2.26. The van der Waals surface area contributed by atoms with Crippen LogP contribution in [-0.2, 0) is 14.8 Å². The van der Waals surface area contributed by atoms with Gasteiger partial charge in [-0.2, -0.15) is 4.31 Å². The van der Waals surface area contributed by atoms with Crippen LogP contribution < -0.4 is 0 Å². The minimum Gasteiger partial charge on any atom is -0.454 e. The maximum atomic E-state index is 12.9. The molecule has 0 radical (unpaired) electrons. The van der Waals surface area contributed by atoms with E-state index in [1.165, 1.54) is 28.6 Å². The lowest BCUT2D eigenvalue weighted by atomic mass is 10.0. The number of carbonyl (C=O) groups excluding carboxylic acids is 2. The lowest BCUT2D eigenvalue weighted by molar-refractivity contribution is 0.0474. The standard InChI is InChI=1S/C26H25NO5S/c28-25(22-14-12-21(13-15-22)20-8-3-1-4-9-20)19-32-26(29)23-10-7-11-24(18-23)33(30,31)27-16-5-2-6-17-27/h1,3-4,7-15,18H,2,5-6,16-17,19H2. The smallest absolute Gasteiger partial charge is 0.338 e. The molecule has 1 heterocycles. The molecule has 170 valence electrons. The second-order valence-electron chi connectivity index (χ2n) is 7.94. The molecule has 0 N–H and O–H groups in total. The van der Waals surface area contributed by atoms with Gasteiger partial charge in [0.1, 0.15) is 0 Å². The van der Waals surface area contributed by atoms with Crippen molar-refractivity contribution in [2.45, 2.75) is 24.2 Å². The Morgan fingerprint density at radius 3 is 2.12 bits per heavy atom. The third-order valence-electron chi connectivity index (χ3n) is 5.67. The molecular weight excluding hydrogens is 438 g/mol. The van der Waals surface area contributed by atoms with E-state index in [-0.39, 0.29) is 16.2 Å². The van der Waals surface area contributed by atoms with Gasteiger partial charge in [0.2, 0.25) is 10.0 Å². The van der Waals surface area contributed by atoms with Gasteiger partial charge < -0.3 is 4.74 Å². The molecule has 0 spiro atoms. The van der Waals surface area contributed by atoms with Gasteiger partial charge in [-0.05, 0) is 42.2 Å². The van der Waals surface area contributed by atoms with Crippen LogP contribution in [0.5, 0.6) is 0 Å². The lowest BCUT2D eigenvalue weighted by Gasteiger charge is -2.25. The lowest BCUT2D eigenvalue weighted by Crippen LogP contribution is -2.35. The monoisotopic (exact) mass is 463 g/mol. The Hall–Kier alpha value is -3.29. The van der Waals surface area contributed by atoms with E-state index in [0.29, 0.717) is 18.7 Å². The van der Waals surface area contributed by atoms with Crippen LogP contribution in [0.4, 0.5) is 0 Å². The van der Waals surface area contributed by atoms with Crippen molar-refractivity contribution in [3.05, 3.63) is 90.0 Å². The summed E-state index contributed by atoms with van der Waals surface area (Å²) < 4.78 is 32.3. The van der Waals surface area contributed by atoms with Crippen LogP contribution in [0.3, 0.4) is 0 Å². The summed E-state index contributed by atoms with van der Waals surface area (Å²) in [7, 11) is -3.66. The molecule has 3 aromatic carbocycles. The summed E-state index contributed by atoms with van der Waals surface area (Å²) in [4.78, 5) is 25.0. The van der Waals surface area contributed by atoms with Crippen LogP contribution in [0, 0.1) is 0 Å². The first kappa shape index (κ1) is 22.9. The normalized spacial score (nSPS) is 14.5. The summed E-state index contributed by atoms with van der Waals surface area (Å²) in [5.74, 6) is -1.07. The molecule has 0 bridgehead atoms. The van der Waals surface area contributed by atoms with Gasteiger partial charge in [0.15, 0.2) is 12.4 Å². The van der Waals surface area contributed by atoms with Gasteiger partial charge in [0.25, 0.3) is 0 Å². The SMILES string of the molecule is O=C(COC(=O)c1cccc(S(=O)(=O)N2CCCCC2)c1)c1ccc(-c2ccccc2)cc1. The number of nitrogens with zero attached hydrogens (tertiary/aromatic N) is 1. The second-order valence-corrected chi connectivity index (χ2v) is 9.87. The number of Topliss-reactive ketones (excluding diaryl/α,β-unsaturated/α-hetero) is 1. The van der Waals surface area contributed by atoms with Gasteiger partial charge in [-0.15, -0.1) is 0 Å². The molecule has 0 unspecified atom stereocenters. The number of piperidine rings is 1. The summed E-state index contributed by atoms with van der Waals surface area (Å²) in [5, 5.41) is 0. The average Bonchev–Trinajstić information content (AvgIpc) is 2.88. The second kappa shape index (κ2) is 10.1. The first-order chi connectivity index (χ1) is 15.9. The molecule has 0 amide bonds. The van der Waals surface area contributed by atoms with Crippen molar-refractivity contribution in [3.63, 3.8) is 0 Å². The highest BCUT2D eigenvalue weighted by Crippen LogP contribution is 2.22. The molecule has 3 aromatic rings. The van der Waals surface area contributed by atoms with Crippen molar-refractivity contribution in [3.8, 4) is 11.1 Å². The minimum absolute atomic E-state index is 0.0571. The zero-order valence-corrected chi connectivity index (χ0v) is 19.0. The van der Waals surface area contributed by atoms with Crippen LogP contribution in [-0.4, -0.2) is 44.2 Å². The number of hydrogen-bond donors (Lipinski definition) is 0. The number of carbonyl (C=O) groups is 2. The van der Waals surface area contributed by atoms with E-state index in [1.807, 2.05) is 42.5 Å². The van der Waals surface area contributed by atoms with Gasteiger partial charge in [-0.25, -0.2) is 13.2 Å². The highest BCUT2D eigenvalue weighted by molar-refractivity contribution is 7.89. The fourth-order valence-corrected chi connectivity index (χ4v) is 5.38. The van der Waals surface area contributed by atoms with E-state index in [2.05, 4.69) is 0 Å². The van der Waals surface area contributed by atoms with Crippen molar-refractivity contribution >= 4 is 21.8 Å². The zero-order chi connectivity index (χ0) is 23.3. The number of hydrogen-bond acceptors (Lipinski definition) is 5. The molecule has 6 nitrogen and oxygen atoms in total. The summed E-state index contributed by atoms with van der Waals surface area (Å²) in [6, 6.07) is 22.7. The molecule has 1 aliphatic heterocycles. The molecule has 0 atom stereocenters. The molecule has 7 heteroatoms.